The summed E-state index contributed by atoms with van der Waals surface area (Å²) in [5.74, 6) is -2.42. The topological polar surface area (TPSA) is 130 Å². The van der Waals surface area contributed by atoms with Gasteiger partial charge >= 0.3 is 23.9 Å². The van der Waals surface area contributed by atoms with E-state index >= 15 is 0 Å². The summed E-state index contributed by atoms with van der Waals surface area (Å²) in [7, 11) is 0. The SMILES string of the molecule is C=CC(=O)OCC(COC(=O)C=C)(COC(=O)CCN1CCOCC1)COC(=O)CCN1CCOCC1. The highest BCUT2D eigenvalue weighted by molar-refractivity contribution is 5.81. The summed E-state index contributed by atoms with van der Waals surface area (Å²) in [5, 5.41) is 0. The first-order valence-electron chi connectivity index (χ1n) is 12.4. The fourth-order valence-electron chi connectivity index (χ4n) is 3.58. The third-order valence-corrected chi connectivity index (χ3v) is 5.92. The molecule has 0 saturated carbocycles. The first-order valence-corrected chi connectivity index (χ1v) is 12.4. The van der Waals surface area contributed by atoms with Crippen LogP contribution in [-0.4, -0.2) is 126 Å². The van der Waals surface area contributed by atoms with E-state index in [2.05, 4.69) is 23.0 Å². The summed E-state index contributed by atoms with van der Waals surface area (Å²) in [4.78, 5) is 52.7. The molecule has 0 N–H and O–H groups in total. The monoisotopic (exact) mass is 526 g/mol. The molecule has 2 aliphatic rings. The Labute approximate surface area is 217 Å². The van der Waals surface area contributed by atoms with Crippen molar-refractivity contribution in [1.29, 1.82) is 0 Å². The third kappa shape index (κ3) is 12.3. The van der Waals surface area contributed by atoms with E-state index in [4.69, 9.17) is 28.4 Å². The molecule has 0 aromatic rings. The second-order valence-electron chi connectivity index (χ2n) is 8.85. The molecule has 0 aromatic heterocycles. The quantitative estimate of drug-likeness (QED) is 0.152. The van der Waals surface area contributed by atoms with Crippen LogP contribution in [0.15, 0.2) is 25.3 Å². The fourth-order valence-corrected chi connectivity index (χ4v) is 3.58. The summed E-state index contributed by atoms with van der Waals surface area (Å²) in [6.07, 6.45) is 2.22. The number of nitrogens with zero attached hydrogens (tertiary/aromatic N) is 2. The van der Waals surface area contributed by atoms with Crippen LogP contribution in [-0.2, 0) is 47.6 Å². The van der Waals surface area contributed by atoms with Gasteiger partial charge in [-0.05, 0) is 0 Å². The van der Waals surface area contributed by atoms with Crippen molar-refractivity contribution in [2.45, 2.75) is 12.8 Å². The van der Waals surface area contributed by atoms with E-state index < -0.39 is 29.3 Å². The normalized spacial score (nSPS) is 16.9. The lowest BCUT2D eigenvalue weighted by Gasteiger charge is -2.32. The highest BCUT2D eigenvalue weighted by Gasteiger charge is 2.37. The molecule has 0 radical (unpaired) electrons. The zero-order valence-corrected chi connectivity index (χ0v) is 21.4. The first-order chi connectivity index (χ1) is 17.9. The summed E-state index contributed by atoms with van der Waals surface area (Å²) in [6, 6.07) is 0. The van der Waals surface area contributed by atoms with Crippen molar-refractivity contribution in [3.63, 3.8) is 0 Å². The van der Waals surface area contributed by atoms with Gasteiger partial charge in [-0.15, -0.1) is 0 Å². The van der Waals surface area contributed by atoms with Crippen LogP contribution >= 0.6 is 0 Å². The van der Waals surface area contributed by atoms with Crippen molar-refractivity contribution in [2.75, 3.05) is 92.1 Å². The van der Waals surface area contributed by atoms with E-state index in [1.807, 2.05) is 0 Å². The Bertz CT molecular complexity index is 711. The molecule has 0 unspecified atom stereocenters. The van der Waals surface area contributed by atoms with E-state index in [9.17, 15) is 19.2 Å². The Morgan fingerprint density at radius 1 is 0.649 bits per heavy atom. The second kappa shape index (κ2) is 16.8. The zero-order chi connectivity index (χ0) is 26.9. The minimum atomic E-state index is -1.32. The van der Waals surface area contributed by atoms with E-state index in [1.54, 1.807) is 0 Å². The highest BCUT2D eigenvalue weighted by Crippen LogP contribution is 2.22. The van der Waals surface area contributed by atoms with Gasteiger partial charge in [0, 0.05) is 51.4 Å². The zero-order valence-electron chi connectivity index (χ0n) is 21.4. The molecule has 0 atom stereocenters. The number of carbonyl (C=O) groups excluding carboxylic acids is 4. The van der Waals surface area contributed by atoms with Gasteiger partial charge in [-0.2, -0.15) is 0 Å². The van der Waals surface area contributed by atoms with E-state index in [1.165, 1.54) is 0 Å². The van der Waals surface area contributed by atoms with Gasteiger partial charge in [0.05, 0.1) is 39.3 Å². The number of esters is 4. The Hall–Kier alpha value is -2.80. The maximum atomic E-state index is 12.5. The number of ether oxygens (including phenoxy) is 6. The van der Waals surface area contributed by atoms with Crippen LogP contribution in [0.3, 0.4) is 0 Å². The van der Waals surface area contributed by atoms with Crippen LogP contribution in [0.4, 0.5) is 0 Å². The van der Waals surface area contributed by atoms with Crippen molar-refractivity contribution in [2.24, 2.45) is 5.41 Å². The molecule has 2 heterocycles. The summed E-state index contributed by atoms with van der Waals surface area (Å²) < 4.78 is 31.9. The molecule has 2 aliphatic heterocycles. The summed E-state index contributed by atoms with van der Waals surface area (Å²) in [5.41, 5.74) is -1.32. The standard InChI is InChI=1S/C25H38N2O10/c1-3-21(28)34-17-25(18-35-22(29)4-2,19-36-23(30)5-7-26-9-13-32-14-10-26)20-37-24(31)6-8-27-11-15-33-16-12-27/h3-4H,1-2,5-20H2. The molecule has 0 spiro atoms. The molecular weight excluding hydrogens is 488 g/mol. The van der Waals surface area contributed by atoms with Gasteiger partial charge in [-0.25, -0.2) is 9.59 Å². The Morgan fingerprint density at radius 2 is 1.00 bits per heavy atom. The predicted molar refractivity (Wildman–Crippen MR) is 130 cm³/mol. The molecule has 0 bridgehead atoms. The predicted octanol–water partition coefficient (Wildman–Crippen LogP) is -0.0378. The second-order valence-corrected chi connectivity index (χ2v) is 8.85. The Kier molecular flexibility index (Phi) is 13.9. The molecule has 0 aliphatic carbocycles. The smallest absolute Gasteiger partial charge is 0.330 e. The molecule has 12 heteroatoms. The van der Waals surface area contributed by atoms with Crippen molar-refractivity contribution in [1.82, 2.24) is 9.80 Å². The van der Waals surface area contributed by atoms with Gasteiger partial charge in [-0.1, -0.05) is 13.2 Å². The van der Waals surface area contributed by atoms with Crippen molar-refractivity contribution < 1.29 is 47.6 Å². The van der Waals surface area contributed by atoms with E-state index in [-0.39, 0.29) is 39.3 Å². The number of rotatable bonds is 16. The van der Waals surface area contributed by atoms with Crippen LogP contribution in [0, 0.1) is 5.41 Å². The van der Waals surface area contributed by atoms with Gasteiger partial charge in [0.1, 0.15) is 31.8 Å². The minimum Gasteiger partial charge on any atom is -0.465 e. The van der Waals surface area contributed by atoms with Gasteiger partial charge in [0.25, 0.3) is 0 Å². The molecular formula is C25H38N2O10. The molecule has 208 valence electrons. The Balaban J connectivity index is 1.99. The average molecular weight is 527 g/mol. The van der Waals surface area contributed by atoms with E-state index in [0.29, 0.717) is 39.5 Å². The molecule has 2 rings (SSSR count). The highest BCUT2D eigenvalue weighted by atomic mass is 16.6. The maximum absolute atomic E-state index is 12.5. The summed E-state index contributed by atoms with van der Waals surface area (Å²) >= 11 is 0. The number of hydrogen-bond acceptors (Lipinski definition) is 12. The lowest BCUT2D eigenvalue weighted by atomic mass is 9.92. The van der Waals surface area contributed by atoms with Crippen LogP contribution in [0.5, 0.6) is 0 Å². The van der Waals surface area contributed by atoms with Gasteiger partial charge in [-0.3, -0.25) is 19.4 Å². The Morgan fingerprint density at radius 3 is 1.35 bits per heavy atom. The maximum Gasteiger partial charge on any atom is 0.330 e. The third-order valence-electron chi connectivity index (χ3n) is 5.92. The van der Waals surface area contributed by atoms with Crippen LogP contribution in [0.25, 0.3) is 0 Å². The minimum absolute atomic E-state index is 0.133. The number of carbonyl (C=O) groups is 4. The van der Waals surface area contributed by atoms with Crippen LogP contribution in [0.1, 0.15) is 12.8 Å². The first kappa shape index (κ1) is 30.4. The largest absolute Gasteiger partial charge is 0.465 e. The average Bonchev–Trinajstić information content (AvgIpc) is 2.94. The number of morpholine rings is 2. The number of hydrogen-bond donors (Lipinski definition) is 0. The van der Waals surface area contributed by atoms with Crippen molar-refractivity contribution >= 4 is 23.9 Å². The molecule has 12 nitrogen and oxygen atoms in total. The molecule has 0 amide bonds. The van der Waals surface area contributed by atoms with Gasteiger partial charge in [0.15, 0.2) is 0 Å². The van der Waals surface area contributed by atoms with Crippen LogP contribution in [0.2, 0.25) is 0 Å². The van der Waals surface area contributed by atoms with Crippen molar-refractivity contribution in [3.8, 4) is 0 Å². The fraction of sp³-hybridized carbons (Fsp3) is 0.680. The van der Waals surface area contributed by atoms with Crippen molar-refractivity contribution in [3.05, 3.63) is 25.3 Å². The molecule has 2 fully saturated rings. The van der Waals surface area contributed by atoms with Gasteiger partial charge in [0.2, 0.25) is 0 Å². The van der Waals surface area contributed by atoms with E-state index in [0.717, 1.165) is 38.3 Å². The molecule has 0 aromatic carbocycles. The van der Waals surface area contributed by atoms with Crippen LogP contribution < -0.4 is 0 Å². The lowest BCUT2D eigenvalue weighted by Crippen LogP contribution is -2.44. The molecule has 37 heavy (non-hydrogen) atoms. The van der Waals surface area contributed by atoms with Gasteiger partial charge < -0.3 is 28.4 Å². The molecule has 2 saturated heterocycles. The summed E-state index contributed by atoms with van der Waals surface area (Å²) in [6.45, 7) is 11.8. The lowest BCUT2D eigenvalue weighted by molar-refractivity contribution is -0.168.